The number of nitrogens with zero attached hydrogens (tertiary/aromatic N) is 3. The molecule has 0 aromatic heterocycles. The van der Waals surface area contributed by atoms with Crippen molar-refractivity contribution in [2.24, 2.45) is 0 Å². The molecule has 7 heteroatoms. The first-order valence-electron chi connectivity index (χ1n) is 9.42. The molecule has 0 amide bonds. The van der Waals surface area contributed by atoms with Gasteiger partial charge in [-0.25, -0.2) is 0 Å². The van der Waals surface area contributed by atoms with Crippen molar-refractivity contribution in [2.45, 2.75) is 6.04 Å². The Morgan fingerprint density at radius 3 is 2.28 bits per heavy atom. The van der Waals surface area contributed by atoms with Gasteiger partial charge in [0, 0.05) is 19.6 Å². The second kappa shape index (κ2) is 9.79. The molecule has 1 heterocycles. The maximum Gasteiger partial charge on any atom is 0.161 e. The zero-order valence-electron chi connectivity index (χ0n) is 16.6. The van der Waals surface area contributed by atoms with Gasteiger partial charge < -0.3 is 19.5 Å². The van der Waals surface area contributed by atoms with Crippen LogP contribution in [0.4, 0.5) is 5.69 Å². The summed E-state index contributed by atoms with van der Waals surface area (Å²) in [4.78, 5) is 2.33. The molecule has 7 nitrogen and oxygen atoms in total. The fourth-order valence-corrected chi connectivity index (χ4v) is 3.53. The number of rotatable bonds is 7. The van der Waals surface area contributed by atoms with Crippen LogP contribution in [0.15, 0.2) is 36.4 Å². The lowest BCUT2D eigenvalue weighted by molar-refractivity contribution is 0.0186. The van der Waals surface area contributed by atoms with Crippen molar-refractivity contribution in [2.75, 3.05) is 52.4 Å². The monoisotopic (exact) mass is 392 g/mol. The number of hydrogen-bond donors (Lipinski definition) is 1. The Hall–Kier alpha value is -3.26. The Bertz CT molecular complexity index is 894. The zero-order chi connectivity index (χ0) is 20.6. The summed E-state index contributed by atoms with van der Waals surface area (Å²) in [6.07, 6.45) is 0. The van der Waals surface area contributed by atoms with Gasteiger partial charge >= 0.3 is 0 Å². The number of para-hydroxylation sites is 1. The van der Waals surface area contributed by atoms with E-state index < -0.39 is 0 Å². The zero-order valence-corrected chi connectivity index (χ0v) is 16.6. The van der Waals surface area contributed by atoms with E-state index >= 15 is 0 Å². The topological polar surface area (TPSA) is 90.5 Å². The molecule has 1 aliphatic rings. The van der Waals surface area contributed by atoms with Crippen LogP contribution in [-0.4, -0.2) is 52.0 Å². The summed E-state index contributed by atoms with van der Waals surface area (Å²) in [5.41, 5.74) is 2.54. The summed E-state index contributed by atoms with van der Waals surface area (Å²) in [7, 11) is 3.23. The summed E-state index contributed by atoms with van der Waals surface area (Å²) in [5.74, 6) is 1.34. The van der Waals surface area contributed by atoms with Crippen LogP contribution in [0.1, 0.15) is 22.7 Å². The van der Waals surface area contributed by atoms with Crippen LogP contribution in [-0.2, 0) is 4.74 Å². The van der Waals surface area contributed by atoms with Gasteiger partial charge in [0.15, 0.2) is 11.5 Å². The molecule has 1 fully saturated rings. The Kier molecular flexibility index (Phi) is 6.91. The number of nitriles is 2. The highest BCUT2D eigenvalue weighted by atomic mass is 16.5. The largest absolute Gasteiger partial charge is 0.493 e. The highest BCUT2D eigenvalue weighted by molar-refractivity contribution is 5.66. The summed E-state index contributed by atoms with van der Waals surface area (Å²) >= 11 is 0. The van der Waals surface area contributed by atoms with E-state index in [1.54, 1.807) is 32.4 Å². The lowest BCUT2D eigenvalue weighted by Gasteiger charge is -2.35. The summed E-state index contributed by atoms with van der Waals surface area (Å²) < 4.78 is 16.3. The maximum atomic E-state index is 9.44. The first-order chi connectivity index (χ1) is 14.2. The maximum absolute atomic E-state index is 9.44. The summed E-state index contributed by atoms with van der Waals surface area (Å²) in [6, 6.07) is 15.4. The van der Waals surface area contributed by atoms with Crippen LogP contribution in [0.25, 0.3) is 0 Å². The number of benzene rings is 2. The molecule has 1 atom stereocenters. The number of ether oxygens (including phenoxy) is 3. The molecule has 1 unspecified atom stereocenters. The molecule has 0 radical (unpaired) electrons. The average Bonchev–Trinajstić information content (AvgIpc) is 2.79. The van der Waals surface area contributed by atoms with Gasteiger partial charge in [0.05, 0.1) is 50.3 Å². The first kappa shape index (κ1) is 20.5. The summed E-state index contributed by atoms with van der Waals surface area (Å²) in [5, 5.41) is 22.2. The molecule has 3 rings (SSSR count). The predicted molar refractivity (Wildman–Crippen MR) is 109 cm³/mol. The van der Waals surface area contributed by atoms with Crippen LogP contribution >= 0.6 is 0 Å². The second-order valence-corrected chi connectivity index (χ2v) is 6.61. The molecule has 150 valence electrons. The van der Waals surface area contributed by atoms with Gasteiger partial charge in [-0.3, -0.25) is 4.90 Å². The first-order valence-corrected chi connectivity index (χ1v) is 9.42. The molecule has 2 aromatic carbocycles. The van der Waals surface area contributed by atoms with Crippen molar-refractivity contribution >= 4 is 5.69 Å². The van der Waals surface area contributed by atoms with Crippen LogP contribution in [0.2, 0.25) is 0 Å². The van der Waals surface area contributed by atoms with Crippen molar-refractivity contribution in [3.63, 3.8) is 0 Å². The SMILES string of the molecule is COc1ccc(C(CNc2c(C#N)cccc2C#N)N2CCOCC2)cc1OC. The smallest absolute Gasteiger partial charge is 0.161 e. The van der Waals surface area contributed by atoms with Crippen molar-refractivity contribution < 1.29 is 14.2 Å². The van der Waals surface area contributed by atoms with Crippen LogP contribution in [0.5, 0.6) is 11.5 Å². The molecule has 2 aromatic rings. The highest BCUT2D eigenvalue weighted by Crippen LogP contribution is 2.33. The van der Waals surface area contributed by atoms with Crippen LogP contribution in [0, 0.1) is 22.7 Å². The lowest BCUT2D eigenvalue weighted by atomic mass is 10.0. The van der Waals surface area contributed by atoms with Gasteiger partial charge in [0.2, 0.25) is 0 Å². The Morgan fingerprint density at radius 1 is 1.03 bits per heavy atom. The van der Waals surface area contributed by atoms with Gasteiger partial charge in [0.1, 0.15) is 12.1 Å². The predicted octanol–water partition coefficient (Wildman–Crippen LogP) is 2.93. The molecule has 29 heavy (non-hydrogen) atoms. The van der Waals surface area contributed by atoms with Crippen molar-refractivity contribution in [3.8, 4) is 23.6 Å². The second-order valence-electron chi connectivity index (χ2n) is 6.61. The van der Waals surface area contributed by atoms with E-state index in [1.165, 1.54) is 0 Å². The van der Waals surface area contributed by atoms with Gasteiger partial charge in [-0.1, -0.05) is 12.1 Å². The van der Waals surface area contributed by atoms with Crippen LogP contribution < -0.4 is 14.8 Å². The Morgan fingerprint density at radius 2 is 1.69 bits per heavy atom. The number of morpholine rings is 1. The van der Waals surface area contributed by atoms with Gasteiger partial charge in [-0.15, -0.1) is 0 Å². The van der Waals surface area contributed by atoms with Gasteiger partial charge in [-0.05, 0) is 29.8 Å². The number of methoxy groups -OCH3 is 2. The van der Waals surface area contributed by atoms with Crippen LogP contribution in [0.3, 0.4) is 0 Å². The Balaban J connectivity index is 1.92. The minimum atomic E-state index is 0.0111. The van der Waals surface area contributed by atoms with E-state index in [2.05, 4.69) is 22.4 Å². The normalized spacial score (nSPS) is 15.0. The van der Waals surface area contributed by atoms with E-state index in [1.807, 2.05) is 18.2 Å². The van der Waals surface area contributed by atoms with Gasteiger partial charge in [-0.2, -0.15) is 10.5 Å². The standard InChI is InChI=1S/C22H24N4O3/c1-27-20-7-6-16(12-21(20)28-2)19(26-8-10-29-11-9-26)15-25-22-17(13-23)4-3-5-18(22)14-24/h3-7,12,19,25H,8-11,15H2,1-2H3. The van der Waals surface area contributed by atoms with E-state index in [-0.39, 0.29) is 6.04 Å². The molecule has 0 bridgehead atoms. The minimum absolute atomic E-state index is 0.0111. The molecule has 0 aliphatic carbocycles. The van der Waals surface area contributed by atoms with E-state index in [0.29, 0.717) is 48.1 Å². The number of hydrogen-bond acceptors (Lipinski definition) is 7. The third-order valence-electron chi connectivity index (χ3n) is 5.06. The fourth-order valence-electron chi connectivity index (χ4n) is 3.53. The van der Waals surface area contributed by atoms with E-state index in [4.69, 9.17) is 14.2 Å². The molecule has 1 N–H and O–H groups in total. The minimum Gasteiger partial charge on any atom is -0.493 e. The summed E-state index contributed by atoms with van der Waals surface area (Å²) in [6.45, 7) is 3.46. The molecule has 1 saturated heterocycles. The number of anilines is 1. The molecule has 1 aliphatic heterocycles. The number of nitrogens with one attached hydrogen (secondary N) is 1. The van der Waals surface area contributed by atoms with Crippen molar-refractivity contribution in [1.82, 2.24) is 4.90 Å². The third-order valence-corrected chi connectivity index (χ3v) is 5.06. The van der Waals surface area contributed by atoms with Gasteiger partial charge in [0.25, 0.3) is 0 Å². The lowest BCUT2D eigenvalue weighted by Crippen LogP contribution is -2.41. The van der Waals surface area contributed by atoms with E-state index in [0.717, 1.165) is 18.7 Å². The molecular formula is C22H24N4O3. The molecular weight excluding hydrogens is 368 g/mol. The fraction of sp³-hybridized carbons (Fsp3) is 0.364. The Labute approximate surface area is 171 Å². The van der Waals surface area contributed by atoms with Crippen molar-refractivity contribution in [3.05, 3.63) is 53.1 Å². The van der Waals surface area contributed by atoms with E-state index in [9.17, 15) is 10.5 Å². The third kappa shape index (κ3) is 4.60. The molecule has 0 saturated carbocycles. The average molecular weight is 392 g/mol. The molecule has 0 spiro atoms. The van der Waals surface area contributed by atoms with Crippen molar-refractivity contribution in [1.29, 1.82) is 10.5 Å². The highest BCUT2D eigenvalue weighted by Gasteiger charge is 2.24. The quantitative estimate of drug-likeness (QED) is 0.775.